The van der Waals surface area contributed by atoms with Gasteiger partial charge in [-0.3, -0.25) is 0 Å². The Morgan fingerprint density at radius 2 is 1.64 bits per heavy atom. The highest BCUT2D eigenvalue weighted by Crippen LogP contribution is 2.19. The first-order valence-electron chi connectivity index (χ1n) is 6.14. The summed E-state index contributed by atoms with van der Waals surface area (Å²) in [6, 6.07) is 0. The van der Waals surface area contributed by atoms with Gasteiger partial charge in [-0.15, -0.1) is 0 Å². The molecule has 0 aliphatic carbocycles. The smallest absolute Gasteiger partial charge is 0.0568 e. The molecule has 0 aromatic carbocycles. The van der Waals surface area contributed by atoms with Crippen molar-refractivity contribution in [3.05, 3.63) is 0 Å². The molecule has 86 valence electrons. The summed E-state index contributed by atoms with van der Waals surface area (Å²) >= 11 is 0. The molecule has 0 saturated carbocycles. The third kappa shape index (κ3) is 6.42. The lowest BCUT2D eigenvalue weighted by Crippen LogP contribution is -2.16. The van der Waals surface area contributed by atoms with Gasteiger partial charge in [-0.2, -0.15) is 0 Å². The van der Waals surface area contributed by atoms with Gasteiger partial charge in [0, 0.05) is 7.11 Å². The quantitative estimate of drug-likeness (QED) is 0.569. The average molecular weight is 200 g/mol. The van der Waals surface area contributed by atoms with Crippen LogP contribution in [0.4, 0.5) is 0 Å². The molecule has 0 N–H and O–H groups in total. The topological polar surface area (TPSA) is 9.23 Å². The molecular formula is C13H28O. The lowest BCUT2D eigenvalue weighted by Gasteiger charge is -2.19. The van der Waals surface area contributed by atoms with Gasteiger partial charge in [0.15, 0.2) is 0 Å². The first-order chi connectivity index (χ1) is 6.61. The van der Waals surface area contributed by atoms with Crippen molar-refractivity contribution in [1.29, 1.82) is 0 Å². The van der Waals surface area contributed by atoms with Gasteiger partial charge >= 0.3 is 0 Å². The zero-order valence-electron chi connectivity index (χ0n) is 10.7. The zero-order valence-corrected chi connectivity index (χ0v) is 10.7. The van der Waals surface area contributed by atoms with Crippen molar-refractivity contribution >= 4 is 0 Å². The molecule has 0 aliphatic rings. The van der Waals surface area contributed by atoms with Gasteiger partial charge in [-0.05, 0) is 25.2 Å². The van der Waals surface area contributed by atoms with E-state index in [4.69, 9.17) is 4.74 Å². The lowest BCUT2D eigenvalue weighted by molar-refractivity contribution is 0.0689. The van der Waals surface area contributed by atoms with E-state index in [0.29, 0.717) is 12.0 Å². The van der Waals surface area contributed by atoms with E-state index in [-0.39, 0.29) is 0 Å². The number of rotatable bonds is 8. The Kier molecular flexibility index (Phi) is 8.26. The van der Waals surface area contributed by atoms with E-state index in [1.807, 2.05) is 0 Å². The third-order valence-corrected chi connectivity index (χ3v) is 3.31. The van der Waals surface area contributed by atoms with Crippen molar-refractivity contribution in [3.63, 3.8) is 0 Å². The maximum Gasteiger partial charge on any atom is 0.0568 e. The van der Waals surface area contributed by atoms with Crippen molar-refractivity contribution in [2.45, 2.75) is 65.9 Å². The molecule has 0 amide bonds. The van der Waals surface area contributed by atoms with Crippen LogP contribution in [0.25, 0.3) is 0 Å². The number of hydrogen-bond acceptors (Lipinski definition) is 1. The fraction of sp³-hybridized carbons (Fsp3) is 1.00. The van der Waals surface area contributed by atoms with Crippen LogP contribution in [0.1, 0.15) is 59.8 Å². The molecule has 0 heterocycles. The first kappa shape index (κ1) is 14.0. The fourth-order valence-corrected chi connectivity index (χ4v) is 1.89. The van der Waals surface area contributed by atoms with Crippen LogP contribution in [0.2, 0.25) is 0 Å². The highest BCUT2D eigenvalue weighted by Gasteiger charge is 2.11. The minimum atomic E-state index is 0.413. The summed E-state index contributed by atoms with van der Waals surface area (Å²) in [6.07, 6.45) is 7.17. The van der Waals surface area contributed by atoms with E-state index in [9.17, 15) is 0 Å². The Morgan fingerprint density at radius 1 is 1.00 bits per heavy atom. The van der Waals surface area contributed by atoms with Crippen LogP contribution in [0, 0.1) is 11.8 Å². The molecule has 0 rings (SSSR count). The standard InChI is InChI=1S/C13H28O/c1-6-8-11(2)9-7-10-12(3)13(4)14-5/h11-13H,6-10H2,1-5H3. The second-order valence-corrected chi connectivity index (χ2v) is 4.74. The third-order valence-electron chi connectivity index (χ3n) is 3.31. The molecule has 1 heteroatoms. The minimum absolute atomic E-state index is 0.413. The van der Waals surface area contributed by atoms with Crippen LogP contribution in [-0.2, 0) is 4.74 Å². The van der Waals surface area contributed by atoms with Crippen molar-refractivity contribution in [2.24, 2.45) is 11.8 Å². The Bertz CT molecular complexity index is 122. The van der Waals surface area contributed by atoms with Crippen LogP contribution in [0.3, 0.4) is 0 Å². The van der Waals surface area contributed by atoms with E-state index in [0.717, 1.165) is 5.92 Å². The molecule has 0 aromatic rings. The average Bonchev–Trinajstić information content (AvgIpc) is 2.16. The molecule has 0 aromatic heterocycles. The van der Waals surface area contributed by atoms with E-state index >= 15 is 0 Å². The van der Waals surface area contributed by atoms with Crippen LogP contribution < -0.4 is 0 Å². The molecule has 0 spiro atoms. The van der Waals surface area contributed by atoms with E-state index in [1.165, 1.54) is 32.1 Å². The van der Waals surface area contributed by atoms with E-state index in [1.54, 1.807) is 7.11 Å². The zero-order chi connectivity index (χ0) is 11.0. The summed E-state index contributed by atoms with van der Waals surface area (Å²) in [5, 5.41) is 0. The molecule has 3 atom stereocenters. The van der Waals surface area contributed by atoms with Gasteiger partial charge in [0.2, 0.25) is 0 Å². The molecule has 0 bridgehead atoms. The lowest BCUT2D eigenvalue weighted by atomic mass is 9.94. The largest absolute Gasteiger partial charge is 0.381 e. The van der Waals surface area contributed by atoms with Gasteiger partial charge in [0.05, 0.1) is 6.10 Å². The summed E-state index contributed by atoms with van der Waals surface area (Å²) in [4.78, 5) is 0. The summed E-state index contributed by atoms with van der Waals surface area (Å²) in [5.41, 5.74) is 0. The predicted octanol–water partition coefficient (Wildman–Crippen LogP) is 4.26. The van der Waals surface area contributed by atoms with Gasteiger partial charge < -0.3 is 4.74 Å². The first-order valence-corrected chi connectivity index (χ1v) is 6.14. The molecule has 0 aliphatic heterocycles. The Balaban J connectivity index is 3.43. The minimum Gasteiger partial charge on any atom is -0.381 e. The monoisotopic (exact) mass is 200 g/mol. The Labute approximate surface area is 90.2 Å². The van der Waals surface area contributed by atoms with Gasteiger partial charge in [-0.1, -0.05) is 46.5 Å². The van der Waals surface area contributed by atoms with Gasteiger partial charge in [0.1, 0.15) is 0 Å². The second-order valence-electron chi connectivity index (χ2n) is 4.74. The molecule has 0 fully saturated rings. The molecule has 0 saturated heterocycles. The summed E-state index contributed by atoms with van der Waals surface area (Å²) in [7, 11) is 1.81. The van der Waals surface area contributed by atoms with Crippen LogP contribution >= 0.6 is 0 Å². The van der Waals surface area contributed by atoms with Crippen molar-refractivity contribution in [2.75, 3.05) is 7.11 Å². The van der Waals surface area contributed by atoms with Crippen molar-refractivity contribution < 1.29 is 4.74 Å². The Morgan fingerprint density at radius 3 is 2.14 bits per heavy atom. The van der Waals surface area contributed by atoms with Gasteiger partial charge in [-0.25, -0.2) is 0 Å². The predicted molar refractivity (Wildman–Crippen MR) is 63.6 cm³/mol. The van der Waals surface area contributed by atoms with Crippen molar-refractivity contribution in [1.82, 2.24) is 0 Å². The molecule has 1 nitrogen and oxygen atoms in total. The fourth-order valence-electron chi connectivity index (χ4n) is 1.89. The highest BCUT2D eigenvalue weighted by atomic mass is 16.5. The molecule has 3 unspecified atom stereocenters. The number of methoxy groups -OCH3 is 1. The van der Waals surface area contributed by atoms with Crippen LogP contribution in [0.15, 0.2) is 0 Å². The second kappa shape index (κ2) is 8.28. The molecular weight excluding hydrogens is 172 g/mol. The van der Waals surface area contributed by atoms with Crippen LogP contribution in [0.5, 0.6) is 0 Å². The molecule has 14 heavy (non-hydrogen) atoms. The van der Waals surface area contributed by atoms with Crippen molar-refractivity contribution in [3.8, 4) is 0 Å². The normalized spacial score (nSPS) is 17.8. The van der Waals surface area contributed by atoms with E-state index < -0.39 is 0 Å². The summed E-state index contributed by atoms with van der Waals surface area (Å²) in [5.74, 6) is 1.61. The maximum absolute atomic E-state index is 5.32. The van der Waals surface area contributed by atoms with E-state index in [2.05, 4.69) is 27.7 Å². The summed E-state index contributed by atoms with van der Waals surface area (Å²) in [6.45, 7) is 9.10. The number of hydrogen-bond donors (Lipinski definition) is 0. The number of ether oxygens (including phenoxy) is 1. The van der Waals surface area contributed by atoms with Gasteiger partial charge in [0.25, 0.3) is 0 Å². The Hall–Kier alpha value is -0.0400. The van der Waals surface area contributed by atoms with Crippen LogP contribution in [-0.4, -0.2) is 13.2 Å². The molecule has 0 radical (unpaired) electrons. The summed E-state index contributed by atoms with van der Waals surface area (Å²) < 4.78 is 5.32. The maximum atomic E-state index is 5.32. The highest BCUT2D eigenvalue weighted by molar-refractivity contribution is 4.62. The SMILES string of the molecule is CCCC(C)CCCC(C)C(C)OC.